The van der Waals surface area contributed by atoms with E-state index in [2.05, 4.69) is 46.5 Å². The number of methoxy groups -OCH3 is 2. The minimum absolute atomic E-state index is 0.0537. The number of rotatable bonds is 8. The van der Waals surface area contributed by atoms with Crippen LogP contribution < -0.4 is 20.3 Å². The molecule has 0 bridgehead atoms. The van der Waals surface area contributed by atoms with Gasteiger partial charge in [0.2, 0.25) is 11.8 Å². The van der Waals surface area contributed by atoms with Gasteiger partial charge in [0.05, 0.1) is 44.0 Å². The number of amides is 2. The SMILES string of the molecule is C=C(C(=O)Nc1cnc(Oc2ccc(F)cc2F)cn1)N1CCN(C(=O)c2c[nH]c(=O)c(C)n2)C(C)(C)C1.COC(=O)c1cnc(OC)c(C)n1. The molecule has 268 valence electrons. The van der Waals surface area contributed by atoms with Crippen molar-refractivity contribution in [2.45, 2.75) is 33.2 Å². The number of H-pyrrole nitrogens is 1. The number of anilines is 1. The Morgan fingerprint density at radius 1 is 0.980 bits per heavy atom. The maximum atomic E-state index is 13.8. The quantitative estimate of drug-likeness (QED) is 0.200. The number of benzene rings is 1. The number of nitrogens with one attached hydrogen (secondary N) is 2. The minimum atomic E-state index is -0.893. The fraction of sp³-hybridized carbons (Fsp3) is 0.303. The van der Waals surface area contributed by atoms with Gasteiger partial charge in [-0.2, -0.15) is 0 Å². The van der Waals surface area contributed by atoms with Gasteiger partial charge in [-0.05, 0) is 39.8 Å². The highest BCUT2D eigenvalue weighted by molar-refractivity contribution is 6.02. The molecule has 1 fully saturated rings. The molecule has 0 spiro atoms. The molecule has 5 rings (SSSR count). The van der Waals surface area contributed by atoms with Gasteiger partial charge in [-0.1, -0.05) is 6.58 Å². The first-order valence-corrected chi connectivity index (χ1v) is 15.2. The van der Waals surface area contributed by atoms with Crippen LogP contribution in [0.2, 0.25) is 0 Å². The molecule has 0 unspecified atom stereocenters. The van der Waals surface area contributed by atoms with Gasteiger partial charge in [0, 0.05) is 31.9 Å². The minimum Gasteiger partial charge on any atom is -0.480 e. The maximum Gasteiger partial charge on any atom is 0.358 e. The highest BCUT2D eigenvalue weighted by atomic mass is 19.1. The van der Waals surface area contributed by atoms with Crippen molar-refractivity contribution in [1.29, 1.82) is 0 Å². The third kappa shape index (κ3) is 9.22. The van der Waals surface area contributed by atoms with Gasteiger partial charge in [0.15, 0.2) is 23.1 Å². The normalized spacial score (nSPS) is 13.3. The lowest BCUT2D eigenvalue weighted by Gasteiger charge is -2.47. The Kier molecular flexibility index (Phi) is 11.7. The molecule has 1 saturated heterocycles. The van der Waals surface area contributed by atoms with Crippen LogP contribution in [0.3, 0.4) is 0 Å². The lowest BCUT2D eigenvalue weighted by molar-refractivity contribution is -0.114. The van der Waals surface area contributed by atoms with E-state index in [0.717, 1.165) is 12.1 Å². The highest BCUT2D eigenvalue weighted by Crippen LogP contribution is 2.26. The molecule has 0 radical (unpaired) electrons. The van der Waals surface area contributed by atoms with E-state index in [9.17, 15) is 28.0 Å². The second-order valence-electron chi connectivity index (χ2n) is 11.6. The number of aromatic nitrogens is 6. The van der Waals surface area contributed by atoms with Crippen LogP contribution in [0.4, 0.5) is 14.6 Å². The number of hydrogen-bond donors (Lipinski definition) is 2. The number of carbonyl (C=O) groups is 3. The van der Waals surface area contributed by atoms with Crippen molar-refractivity contribution < 1.29 is 37.4 Å². The smallest absolute Gasteiger partial charge is 0.358 e. The first-order valence-electron chi connectivity index (χ1n) is 15.2. The van der Waals surface area contributed by atoms with Crippen molar-refractivity contribution in [3.8, 4) is 17.5 Å². The number of hydrogen-bond acceptors (Lipinski definition) is 13. The maximum absolute atomic E-state index is 13.8. The topological polar surface area (TPSA) is 195 Å². The van der Waals surface area contributed by atoms with Crippen LogP contribution in [0, 0.1) is 25.5 Å². The molecule has 18 heteroatoms. The lowest BCUT2D eigenvalue weighted by Crippen LogP contribution is -2.61. The number of carbonyl (C=O) groups excluding carboxylic acids is 3. The van der Waals surface area contributed by atoms with E-state index in [0.29, 0.717) is 37.3 Å². The summed E-state index contributed by atoms with van der Waals surface area (Å²) < 4.78 is 41.4. The number of esters is 1. The van der Waals surface area contributed by atoms with Gasteiger partial charge in [0.25, 0.3) is 17.4 Å². The Labute approximate surface area is 290 Å². The van der Waals surface area contributed by atoms with Crippen LogP contribution >= 0.6 is 0 Å². The summed E-state index contributed by atoms with van der Waals surface area (Å²) in [5.74, 6) is -2.75. The summed E-state index contributed by atoms with van der Waals surface area (Å²) in [6, 6.07) is 2.85. The third-order valence-corrected chi connectivity index (χ3v) is 7.43. The molecule has 1 aliphatic rings. The van der Waals surface area contributed by atoms with Gasteiger partial charge in [-0.25, -0.2) is 38.5 Å². The molecular weight excluding hydrogens is 672 g/mol. The number of aromatic amines is 1. The lowest BCUT2D eigenvalue weighted by atomic mass is 9.97. The van der Waals surface area contributed by atoms with E-state index in [1.807, 2.05) is 13.8 Å². The first-order chi connectivity index (χ1) is 24.1. The second-order valence-corrected chi connectivity index (χ2v) is 11.6. The number of nitrogens with zero attached hydrogens (tertiary/aromatic N) is 7. The van der Waals surface area contributed by atoms with Gasteiger partial charge in [0.1, 0.15) is 22.9 Å². The summed E-state index contributed by atoms with van der Waals surface area (Å²) in [6.45, 7) is 11.8. The molecule has 4 aromatic rings. The van der Waals surface area contributed by atoms with Crippen molar-refractivity contribution in [1.82, 2.24) is 39.7 Å². The molecular formula is C33H35F2N9O7. The molecule has 4 heterocycles. The van der Waals surface area contributed by atoms with Crippen LogP contribution in [-0.4, -0.2) is 96.9 Å². The Morgan fingerprint density at radius 2 is 1.71 bits per heavy atom. The van der Waals surface area contributed by atoms with E-state index in [4.69, 9.17) is 9.47 Å². The zero-order valence-corrected chi connectivity index (χ0v) is 28.6. The van der Waals surface area contributed by atoms with Crippen molar-refractivity contribution in [2.24, 2.45) is 0 Å². The fourth-order valence-electron chi connectivity index (χ4n) is 4.82. The zero-order chi connectivity index (χ0) is 37.5. The van der Waals surface area contributed by atoms with Crippen molar-refractivity contribution >= 4 is 23.6 Å². The van der Waals surface area contributed by atoms with Crippen LogP contribution in [0.25, 0.3) is 0 Å². The average molecular weight is 708 g/mol. The molecule has 2 N–H and O–H groups in total. The molecule has 1 aromatic carbocycles. The average Bonchev–Trinajstić information content (AvgIpc) is 3.10. The summed E-state index contributed by atoms with van der Waals surface area (Å²) in [4.78, 5) is 74.3. The van der Waals surface area contributed by atoms with Gasteiger partial charge in [-0.3, -0.25) is 14.4 Å². The number of piperazine rings is 1. The fourth-order valence-corrected chi connectivity index (χ4v) is 4.82. The largest absolute Gasteiger partial charge is 0.480 e. The van der Waals surface area contributed by atoms with Crippen molar-refractivity contribution in [3.05, 3.63) is 100 Å². The van der Waals surface area contributed by atoms with Crippen LogP contribution in [0.1, 0.15) is 46.2 Å². The Hall–Kier alpha value is -6.33. The molecule has 51 heavy (non-hydrogen) atoms. The highest BCUT2D eigenvalue weighted by Gasteiger charge is 2.39. The molecule has 16 nitrogen and oxygen atoms in total. The molecule has 0 atom stereocenters. The number of halogens is 2. The summed E-state index contributed by atoms with van der Waals surface area (Å²) >= 11 is 0. The van der Waals surface area contributed by atoms with Crippen LogP contribution in [0.15, 0.2) is 60.1 Å². The van der Waals surface area contributed by atoms with Crippen LogP contribution in [0.5, 0.6) is 17.5 Å². The molecule has 0 aliphatic carbocycles. The Morgan fingerprint density at radius 3 is 2.29 bits per heavy atom. The summed E-state index contributed by atoms with van der Waals surface area (Å²) in [7, 11) is 2.79. The molecule has 1 aliphatic heterocycles. The molecule has 3 aromatic heterocycles. The predicted octanol–water partition coefficient (Wildman–Crippen LogP) is 3.21. The summed E-state index contributed by atoms with van der Waals surface area (Å²) in [5, 5.41) is 2.59. The Balaban J connectivity index is 0.000000378. The van der Waals surface area contributed by atoms with Gasteiger partial charge in [-0.15, -0.1) is 0 Å². The Bertz CT molecular complexity index is 2010. The monoisotopic (exact) mass is 707 g/mol. The first kappa shape index (κ1) is 37.5. The van der Waals surface area contributed by atoms with E-state index in [1.54, 1.807) is 16.7 Å². The molecule has 2 amide bonds. The van der Waals surface area contributed by atoms with Crippen molar-refractivity contribution in [3.63, 3.8) is 0 Å². The zero-order valence-electron chi connectivity index (χ0n) is 28.6. The molecule has 0 saturated carbocycles. The van der Waals surface area contributed by atoms with E-state index >= 15 is 0 Å². The predicted molar refractivity (Wildman–Crippen MR) is 177 cm³/mol. The van der Waals surface area contributed by atoms with Crippen LogP contribution in [-0.2, 0) is 9.53 Å². The number of ether oxygens (including phenoxy) is 3. The van der Waals surface area contributed by atoms with Gasteiger partial charge >= 0.3 is 5.97 Å². The standard InChI is InChI=1S/C25H25F2N7O4.C8H10N2O3/c1-14-22(35)30-10-18(31-14)24(37)34-8-7-33(13-25(34,3)4)15(2)23(36)32-20-11-29-21(12-28-20)38-19-6-5-16(26)9-17(19)27;1-5-7(12-2)9-4-6(10-5)8(11)13-3/h5-6,9-12H,2,7-8,13H2,1,3-4H3,(H,30,35)(H,28,32,36);4H,1-3H3. The third-order valence-electron chi connectivity index (χ3n) is 7.43. The van der Waals surface area contributed by atoms with E-state index in [1.165, 1.54) is 45.9 Å². The second kappa shape index (κ2) is 15.9. The van der Waals surface area contributed by atoms with E-state index < -0.39 is 29.0 Å². The summed E-state index contributed by atoms with van der Waals surface area (Å²) in [5.41, 5.74) is 0.195. The van der Waals surface area contributed by atoms with Gasteiger partial charge < -0.3 is 34.3 Å². The van der Waals surface area contributed by atoms with Crippen molar-refractivity contribution in [2.75, 3.05) is 39.2 Å². The van der Waals surface area contributed by atoms with E-state index in [-0.39, 0.29) is 51.7 Å². The summed E-state index contributed by atoms with van der Waals surface area (Å²) in [6.07, 6.45) is 5.01. The number of aryl methyl sites for hydroxylation is 2.